The predicted octanol–water partition coefficient (Wildman–Crippen LogP) is 4.25. The van der Waals surface area contributed by atoms with Crippen LogP contribution in [0.3, 0.4) is 0 Å². The van der Waals surface area contributed by atoms with Crippen molar-refractivity contribution in [2.75, 3.05) is 25.5 Å². The molecule has 9 heteroatoms. The Balaban J connectivity index is 1.32. The van der Waals surface area contributed by atoms with Crippen molar-refractivity contribution in [3.8, 4) is 10.6 Å². The van der Waals surface area contributed by atoms with Crippen LogP contribution in [0.1, 0.15) is 31.2 Å². The van der Waals surface area contributed by atoms with Gasteiger partial charge in [-0.15, -0.1) is 22.7 Å². The van der Waals surface area contributed by atoms with Crippen LogP contribution in [0.25, 0.3) is 20.8 Å². The number of amides is 3. The summed E-state index contributed by atoms with van der Waals surface area (Å²) in [6, 6.07) is 14.6. The first kappa shape index (κ1) is 21.2. The summed E-state index contributed by atoms with van der Waals surface area (Å²) in [4.78, 5) is 47.8. The van der Waals surface area contributed by atoms with Crippen molar-refractivity contribution in [2.45, 2.75) is 13.0 Å². The van der Waals surface area contributed by atoms with E-state index in [-0.39, 0.29) is 6.54 Å². The van der Waals surface area contributed by atoms with E-state index in [1.807, 2.05) is 24.3 Å². The molecule has 0 unspecified atom stereocenters. The van der Waals surface area contributed by atoms with E-state index in [0.717, 1.165) is 50.2 Å². The summed E-state index contributed by atoms with van der Waals surface area (Å²) >= 11 is 3.16. The number of thiophene rings is 1. The number of benzene rings is 2. The fourth-order valence-electron chi connectivity index (χ4n) is 4.52. The number of nitrogens with one attached hydrogen (secondary N) is 1. The number of carbonyl (C=O) groups excluding carboxylic acids is 3. The van der Waals surface area contributed by atoms with E-state index >= 15 is 0 Å². The monoisotopic (exact) mass is 488 g/mol. The molecule has 7 nitrogen and oxygen atoms in total. The van der Waals surface area contributed by atoms with Crippen molar-refractivity contribution in [1.82, 2.24) is 14.8 Å². The molecule has 0 spiro atoms. The largest absolute Gasteiger partial charge is 0.316 e. The normalized spacial score (nSPS) is 15.6. The average molecular weight is 489 g/mol. The zero-order valence-electron chi connectivity index (χ0n) is 18.3. The van der Waals surface area contributed by atoms with Gasteiger partial charge in [-0.1, -0.05) is 24.3 Å². The zero-order valence-corrected chi connectivity index (χ0v) is 20.0. The fourth-order valence-corrected chi connectivity index (χ4v) is 6.97. The van der Waals surface area contributed by atoms with Gasteiger partial charge in [0.15, 0.2) is 0 Å². The number of fused-ring (bicyclic) bond motifs is 3. The van der Waals surface area contributed by atoms with Crippen molar-refractivity contribution < 1.29 is 14.4 Å². The summed E-state index contributed by atoms with van der Waals surface area (Å²) in [6.45, 7) is 1.42. The number of para-hydroxylation sites is 1. The van der Waals surface area contributed by atoms with Crippen molar-refractivity contribution in [2.24, 2.45) is 0 Å². The molecule has 3 amide bonds. The van der Waals surface area contributed by atoms with Gasteiger partial charge >= 0.3 is 0 Å². The van der Waals surface area contributed by atoms with E-state index in [9.17, 15) is 14.4 Å². The second-order valence-electron chi connectivity index (χ2n) is 8.47. The highest BCUT2D eigenvalue weighted by Crippen LogP contribution is 2.45. The predicted molar refractivity (Wildman–Crippen MR) is 133 cm³/mol. The number of aromatic nitrogens is 1. The van der Waals surface area contributed by atoms with E-state index in [4.69, 9.17) is 4.98 Å². The lowest BCUT2D eigenvalue weighted by Crippen LogP contribution is -2.37. The van der Waals surface area contributed by atoms with Crippen LogP contribution >= 0.6 is 22.7 Å². The number of hydrogen-bond donors (Lipinski definition) is 1. The Morgan fingerprint density at radius 3 is 2.47 bits per heavy atom. The van der Waals surface area contributed by atoms with Crippen LogP contribution in [-0.2, 0) is 17.8 Å². The highest BCUT2D eigenvalue weighted by Gasteiger charge is 2.36. The number of rotatable bonds is 4. The lowest BCUT2D eigenvalue weighted by molar-refractivity contribution is -0.116. The van der Waals surface area contributed by atoms with Crippen molar-refractivity contribution >= 4 is 55.6 Å². The molecule has 2 aromatic heterocycles. The first-order valence-electron chi connectivity index (χ1n) is 10.9. The molecule has 170 valence electrons. The Bertz CT molecular complexity index is 1420. The molecular weight excluding hydrogens is 468 g/mol. The molecule has 0 atom stereocenters. The maximum atomic E-state index is 13.1. The highest BCUT2D eigenvalue weighted by molar-refractivity contribution is 7.22. The topological polar surface area (TPSA) is 82.6 Å². The summed E-state index contributed by atoms with van der Waals surface area (Å²) in [7, 11) is 2.08. The van der Waals surface area contributed by atoms with Crippen molar-refractivity contribution in [3.05, 3.63) is 70.1 Å². The molecule has 2 aromatic carbocycles. The SMILES string of the molecule is CN1CCc2c(sc(NC(=O)CN3C(=O)c4ccccc4C3=O)c2-c2nc3ccccc3s2)C1. The van der Waals surface area contributed by atoms with E-state index in [1.165, 1.54) is 10.4 Å². The Labute approximate surface area is 203 Å². The average Bonchev–Trinajstić information content (AvgIpc) is 3.47. The van der Waals surface area contributed by atoms with Crippen LogP contribution in [-0.4, -0.2) is 52.6 Å². The third-order valence-electron chi connectivity index (χ3n) is 6.19. The second kappa shape index (κ2) is 8.12. The molecule has 0 bridgehead atoms. The summed E-state index contributed by atoms with van der Waals surface area (Å²) in [6.07, 6.45) is 0.877. The minimum absolute atomic E-state index is 0.325. The summed E-state index contributed by atoms with van der Waals surface area (Å²) in [5, 5.41) is 4.60. The molecule has 1 N–H and O–H groups in total. The van der Waals surface area contributed by atoms with Gasteiger partial charge in [0.05, 0.1) is 21.3 Å². The van der Waals surface area contributed by atoms with Gasteiger partial charge in [-0.3, -0.25) is 19.3 Å². The minimum atomic E-state index is -0.436. The van der Waals surface area contributed by atoms with E-state index in [2.05, 4.69) is 17.3 Å². The molecule has 2 aliphatic rings. The Morgan fingerprint density at radius 2 is 1.74 bits per heavy atom. The Kier molecular flexibility index (Phi) is 5.05. The van der Waals surface area contributed by atoms with E-state index in [0.29, 0.717) is 11.1 Å². The highest BCUT2D eigenvalue weighted by atomic mass is 32.1. The first-order chi connectivity index (χ1) is 16.5. The fraction of sp³-hybridized carbons (Fsp3) is 0.200. The number of anilines is 1. The van der Waals surface area contributed by atoms with Crippen LogP contribution < -0.4 is 5.32 Å². The van der Waals surface area contributed by atoms with Gasteiger partial charge in [-0.25, -0.2) is 4.98 Å². The summed E-state index contributed by atoms with van der Waals surface area (Å²) in [5.41, 5.74) is 3.79. The molecule has 4 aromatic rings. The Hall–Kier alpha value is -3.40. The molecule has 0 fully saturated rings. The number of nitrogens with zero attached hydrogens (tertiary/aromatic N) is 3. The lowest BCUT2D eigenvalue weighted by atomic mass is 10.0. The Morgan fingerprint density at radius 1 is 1.03 bits per heavy atom. The van der Waals surface area contributed by atoms with Crippen LogP contribution in [0.4, 0.5) is 5.00 Å². The maximum Gasteiger partial charge on any atom is 0.262 e. The quantitative estimate of drug-likeness (QED) is 0.435. The standard InChI is InChI=1S/C25H20N4O3S2/c1-28-11-10-16-19(12-28)34-23(21(16)22-26-17-8-4-5-9-18(17)33-22)27-20(30)13-29-24(31)14-6-2-3-7-15(14)25(29)32/h2-9H,10-13H2,1H3,(H,27,30). The van der Waals surface area contributed by atoms with Gasteiger partial charge in [0.25, 0.3) is 11.8 Å². The summed E-state index contributed by atoms with van der Waals surface area (Å²) < 4.78 is 1.09. The van der Waals surface area contributed by atoms with Gasteiger partial charge in [0.1, 0.15) is 16.6 Å². The van der Waals surface area contributed by atoms with E-state index < -0.39 is 17.7 Å². The van der Waals surface area contributed by atoms with Crippen LogP contribution in [0, 0.1) is 0 Å². The number of likely N-dealkylation sites (N-methyl/N-ethyl adjacent to an activating group) is 1. The van der Waals surface area contributed by atoms with Gasteiger partial charge in [0, 0.05) is 23.5 Å². The molecule has 34 heavy (non-hydrogen) atoms. The third kappa shape index (κ3) is 3.44. The van der Waals surface area contributed by atoms with Crippen LogP contribution in [0.15, 0.2) is 48.5 Å². The molecule has 0 aliphatic carbocycles. The molecule has 4 heterocycles. The molecule has 0 radical (unpaired) electrons. The third-order valence-corrected chi connectivity index (χ3v) is 8.37. The smallest absolute Gasteiger partial charge is 0.262 e. The minimum Gasteiger partial charge on any atom is -0.316 e. The lowest BCUT2D eigenvalue weighted by Gasteiger charge is -2.22. The number of hydrogen-bond acceptors (Lipinski definition) is 7. The van der Waals surface area contributed by atoms with Crippen molar-refractivity contribution in [1.29, 1.82) is 0 Å². The van der Waals surface area contributed by atoms with Gasteiger partial charge in [-0.05, 0) is 43.3 Å². The van der Waals surface area contributed by atoms with E-state index in [1.54, 1.807) is 46.9 Å². The molecule has 2 aliphatic heterocycles. The molecule has 0 saturated heterocycles. The number of imide groups is 1. The van der Waals surface area contributed by atoms with Crippen LogP contribution in [0.2, 0.25) is 0 Å². The molecular formula is C25H20N4O3S2. The van der Waals surface area contributed by atoms with Crippen LogP contribution in [0.5, 0.6) is 0 Å². The zero-order chi connectivity index (χ0) is 23.4. The number of thiazole rings is 1. The summed E-state index contributed by atoms with van der Waals surface area (Å²) in [5.74, 6) is -1.27. The second-order valence-corrected chi connectivity index (χ2v) is 10.6. The first-order valence-corrected chi connectivity index (χ1v) is 12.6. The molecule has 6 rings (SSSR count). The molecule has 0 saturated carbocycles. The maximum absolute atomic E-state index is 13.1. The van der Waals surface area contributed by atoms with Gasteiger partial charge in [-0.2, -0.15) is 0 Å². The van der Waals surface area contributed by atoms with Gasteiger partial charge in [0.2, 0.25) is 5.91 Å². The number of carbonyl (C=O) groups is 3. The van der Waals surface area contributed by atoms with Gasteiger partial charge < -0.3 is 10.2 Å². The van der Waals surface area contributed by atoms with Crippen molar-refractivity contribution in [3.63, 3.8) is 0 Å².